The zero-order valence-electron chi connectivity index (χ0n) is 18.9. The number of benzene rings is 4. The van der Waals surface area contributed by atoms with Crippen LogP contribution in [0.3, 0.4) is 0 Å². The van der Waals surface area contributed by atoms with E-state index in [2.05, 4.69) is 125 Å². The van der Waals surface area contributed by atoms with Gasteiger partial charge in [-0.2, -0.15) is 0 Å². The van der Waals surface area contributed by atoms with Crippen molar-refractivity contribution in [2.24, 2.45) is 0 Å². The molecule has 0 aromatic heterocycles. The average Bonchev–Trinajstić information content (AvgIpc) is 2.77. The monoisotopic (exact) mass is 556 g/mol. The first-order valence-electron chi connectivity index (χ1n) is 10.8. The summed E-state index contributed by atoms with van der Waals surface area (Å²) in [6, 6.07) is 34.9. The van der Waals surface area contributed by atoms with Crippen molar-refractivity contribution in [2.75, 3.05) is 0 Å². The molecule has 2 nitrogen and oxygen atoms in total. The molecule has 0 amide bonds. The van der Waals surface area contributed by atoms with Crippen LogP contribution in [-0.4, -0.2) is 27.0 Å². The second-order valence-corrected chi connectivity index (χ2v) is 20.1. The summed E-state index contributed by atoms with van der Waals surface area (Å²) >= 11 is -6.07. The molecule has 0 spiro atoms. The van der Waals surface area contributed by atoms with Crippen LogP contribution in [0.2, 0.25) is 0 Å². The summed E-state index contributed by atoms with van der Waals surface area (Å²) < 4.78 is 19.3. The maximum atomic E-state index is 7.31. The van der Waals surface area contributed by atoms with Gasteiger partial charge in [0.25, 0.3) is 0 Å². The molecule has 4 heteroatoms. The van der Waals surface area contributed by atoms with Crippen molar-refractivity contribution in [3.63, 3.8) is 0 Å². The molecule has 0 atom stereocenters. The Morgan fingerprint density at radius 1 is 0.344 bits per heavy atom. The molecule has 4 aromatic carbocycles. The topological polar surface area (TPSA) is 18.5 Å². The molecular formula is C28H28O2Se2. The number of hydrogen-bond donors (Lipinski definition) is 0. The first-order chi connectivity index (χ1) is 15.4. The van der Waals surface area contributed by atoms with Crippen LogP contribution in [0.15, 0.2) is 97.1 Å². The van der Waals surface area contributed by atoms with Crippen LogP contribution < -0.4 is 17.8 Å². The maximum absolute atomic E-state index is 7.31. The van der Waals surface area contributed by atoms with Gasteiger partial charge in [0.2, 0.25) is 0 Å². The van der Waals surface area contributed by atoms with E-state index in [1.807, 2.05) is 0 Å². The molecule has 32 heavy (non-hydrogen) atoms. The third-order valence-corrected chi connectivity index (χ3v) is 23.2. The molecule has 1 aliphatic heterocycles. The predicted molar refractivity (Wildman–Crippen MR) is 137 cm³/mol. The molecule has 0 N–H and O–H groups in total. The van der Waals surface area contributed by atoms with E-state index in [1.165, 1.54) is 40.1 Å². The van der Waals surface area contributed by atoms with Crippen LogP contribution in [0.5, 0.6) is 0 Å². The molecule has 0 saturated carbocycles. The Kier molecular flexibility index (Phi) is 5.63. The van der Waals surface area contributed by atoms with Gasteiger partial charge in [0.05, 0.1) is 0 Å². The Labute approximate surface area is 197 Å². The minimum atomic E-state index is -3.04. The summed E-state index contributed by atoms with van der Waals surface area (Å²) in [5, 5.41) is 0. The predicted octanol–water partition coefficient (Wildman–Crippen LogP) is 3.78. The standard InChI is InChI=1S/C28H28O2Se2/c1-21-5-13-25(14-6-21)31(26-15-7-22(2)8-16-26)29-32(30-31,27-17-9-23(3)10-18-27)28-19-11-24(4)12-20-28/h5-20H,1-4H3. The fourth-order valence-corrected chi connectivity index (χ4v) is 24.3. The van der Waals surface area contributed by atoms with E-state index < -0.39 is 27.0 Å². The summed E-state index contributed by atoms with van der Waals surface area (Å²) in [5.41, 5.74) is 4.97. The number of rotatable bonds is 4. The summed E-state index contributed by atoms with van der Waals surface area (Å²) in [6.07, 6.45) is 0. The van der Waals surface area contributed by atoms with Crippen molar-refractivity contribution in [1.29, 1.82) is 0 Å². The van der Waals surface area contributed by atoms with Gasteiger partial charge in [-0.1, -0.05) is 0 Å². The van der Waals surface area contributed by atoms with Gasteiger partial charge in [0.15, 0.2) is 0 Å². The summed E-state index contributed by atoms with van der Waals surface area (Å²) in [4.78, 5) is 0. The normalized spacial score (nSPS) is 18.4. The molecule has 1 aliphatic rings. The third-order valence-electron chi connectivity index (χ3n) is 5.71. The van der Waals surface area contributed by atoms with Crippen molar-refractivity contribution in [1.82, 2.24) is 0 Å². The van der Waals surface area contributed by atoms with E-state index in [-0.39, 0.29) is 0 Å². The van der Waals surface area contributed by atoms with E-state index >= 15 is 0 Å². The van der Waals surface area contributed by atoms with Gasteiger partial charge in [0.1, 0.15) is 0 Å². The van der Waals surface area contributed by atoms with Gasteiger partial charge >= 0.3 is 198 Å². The van der Waals surface area contributed by atoms with Crippen LogP contribution in [0, 0.1) is 27.7 Å². The average molecular weight is 554 g/mol. The summed E-state index contributed by atoms with van der Waals surface area (Å²) in [5.74, 6) is 0. The Morgan fingerprint density at radius 3 is 0.719 bits per heavy atom. The molecule has 1 heterocycles. The van der Waals surface area contributed by atoms with Crippen molar-refractivity contribution in [3.05, 3.63) is 119 Å². The Balaban J connectivity index is 1.67. The van der Waals surface area contributed by atoms with E-state index in [4.69, 9.17) is 5.80 Å². The van der Waals surface area contributed by atoms with Crippen LogP contribution in [0.25, 0.3) is 0 Å². The first kappa shape index (κ1) is 21.7. The molecule has 0 aliphatic carbocycles. The zero-order chi connectivity index (χ0) is 22.3. The van der Waals surface area contributed by atoms with Crippen LogP contribution >= 0.6 is 0 Å². The number of aryl methyl sites for hydroxylation is 4. The second kappa shape index (κ2) is 8.32. The fourth-order valence-electron chi connectivity index (χ4n) is 3.73. The van der Waals surface area contributed by atoms with Crippen LogP contribution in [-0.2, 0) is 5.80 Å². The van der Waals surface area contributed by atoms with E-state index in [0.717, 1.165) is 0 Å². The molecule has 1 saturated heterocycles. The van der Waals surface area contributed by atoms with Gasteiger partial charge in [-0.25, -0.2) is 0 Å². The second-order valence-electron chi connectivity index (χ2n) is 8.40. The Hall–Kier alpha value is -2.16. The molecular weight excluding hydrogens is 526 g/mol. The van der Waals surface area contributed by atoms with Crippen molar-refractivity contribution < 1.29 is 5.80 Å². The van der Waals surface area contributed by atoms with Crippen molar-refractivity contribution >= 4 is 44.9 Å². The molecule has 164 valence electrons. The number of hydrogen-bond acceptors (Lipinski definition) is 2. The Bertz CT molecular complexity index is 1030. The van der Waals surface area contributed by atoms with Crippen molar-refractivity contribution in [3.8, 4) is 0 Å². The quantitative estimate of drug-likeness (QED) is 0.358. The molecule has 5 rings (SSSR count). The van der Waals surface area contributed by atoms with Gasteiger partial charge in [0, 0.05) is 0 Å². The SMILES string of the molecule is Cc1ccc([Se]2(c3ccc(C)cc3)O[Se](c3ccc(C)cc3)(c3ccc(C)cc3)O2)cc1. The van der Waals surface area contributed by atoms with E-state index in [9.17, 15) is 0 Å². The van der Waals surface area contributed by atoms with Gasteiger partial charge in [-0.3, -0.25) is 0 Å². The first-order valence-corrected chi connectivity index (χ1v) is 17.0. The van der Waals surface area contributed by atoms with E-state index in [1.54, 1.807) is 0 Å². The minimum absolute atomic E-state index is 1.18. The molecule has 1 fully saturated rings. The van der Waals surface area contributed by atoms with Gasteiger partial charge in [-0.15, -0.1) is 0 Å². The molecule has 0 radical (unpaired) electrons. The Morgan fingerprint density at radius 2 is 0.531 bits per heavy atom. The van der Waals surface area contributed by atoms with Gasteiger partial charge in [-0.05, 0) is 0 Å². The van der Waals surface area contributed by atoms with Crippen LogP contribution in [0.1, 0.15) is 22.3 Å². The summed E-state index contributed by atoms with van der Waals surface area (Å²) in [6.45, 7) is 8.47. The van der Waals surface area contributed by atoms with Gasteiger partial charge < -0.3 is 0 Å². The van der Waals surface area contributed by atoms with Crippen molar-refractivity contribution in [2.45, 2.75) is 27.7 Å². The third kappa shape index (κ3) is 3.68. The molecule has 0 bridgehead atoms. The molecule has 0 unspecified atom stereocenters. The zero-order valence-corrected chi connectivity index (χ0v) is 22.3. The van der Waals surface area contributed by atoms with E-state index in [0.29, 0.717) is 0 Å². The summed E-state index contributed by atoms with van der Waals surface area (Å²) in [7, 11) is 0. The fraction of sp³-hybridized carbons (Fsp3) is 0.143. The molecule has 4 aromatic rings. The van der Waals surface area contributed by atoms with Crippen LogP contribution in [0.4, 0.5) is 0 Å².